The van der Waals surface area contributed by atoms with E-state index in [1.165, 1.54) is 11.3 Å². The van der Waals surface area contributed by atoms with E-state index in [0.29, 0.717) is 16.4 Å². The van der Waals surface area contributed by atoms with Gasteiger partial charge in [-0.2, -0.15) is 0 Å². The smallest absolute Gasteiger partial charge is 0.325 e. The van der Waals surface area contributed by atoms with E-state index < -0.39 is 12.0 Å². The van der Waals surface area contributed by atoms with Crippen LogP contribution in [0.3, 0.4) is 0 Å². The average molecular weight is 291 g/mol. The average Bonchev–Trinajstić information content (AvgIpc) is 2.74. The summed E-state index contributed by atoms with van der Waals surface area (Å²) in [5.74, 6) is -0.912. The number of carbonyl (C=O) groups excluding carboxylic acids is 1. The molecule has 1 aromatic carbocycles. The molecule has 0 aliphatic rings. The Morgan fingerprint density at radius 1 is 1.35 bits per heavy atom. The predicted molar refractivity (Wildman–Crippen MR) is 77.3 cm³/mol. The van der Waals surface area contributed by atoms with Crippen molar-refractivity contribution in [3.05, 3.63) is 40.9 Å². The largest absolute Gasteiger partial charge is 0.481 e. The molecule has 2 rings (SSSR count). The minimum absolute atomic E-state index is 0.0805. The Bertz CT molecular complexity index is 639. The molecular formula is C13H13N3O3S. The quantitative estimate of drug-likeness (QED) is 0.807. The topological polar surface area (TPSA) is 91.3 Å². The van der Waals surface area contributed by atoms with Gasteiger partial charge in [-0.1, -0.05) is 12.1 Å². The summed E-state index contributed by atoms with van der Waals surface area (Å²) in [5, 5.41) is 14.5. The molecule has 3 N–H and O–H groups in total. The van der Waals surface area contributed by atoms with Gasteiger partial charge in [0, 0.05) is 16.8 Å². The molecule has 2 aromatic rings. The molecule has 0 bridgehead atoms. The number of thiazole rings is 1. The summed E-state index contributed by atoms with van der Waals surface area (Å²) in [5.41, 5.74) is 1.16. The molecule has 0 atom stereocenters. The number of carboxylic acids is 1. The molecule has 0 spiro atoms. The fourth-order valence-corrected chi connectivity index (χ4v) is 2.27. The molecule has 0 aliphatic carbocycles. The Balaban J connectivity index is 1.98. The van der Waals surface area contributed by atoms with Gasteiger partial charge in [-0.25, -0.2) is 9.78 Å². The van der Waals surface area contributed by atoms with E-state index >= 15 is 0 Å². The lowest BCUT2D eigenvalue weighted by molar-refractivity contribution is -0.136. The highest BCUT2D eigenvalue weighted by atomic mass is 32.1. The van der Waals surface area contributed by atoms with Gasteiger partial charge < -0.3 is 10.4 Å². The van der Waals surface area contributed by atoms with Crippen LogP contribution in [0.2, 0.25) is 0 Å². The van der Waals surface area contributed by atoms with Crippen LogP contribution in [0.5, 0.6) is 0 Å². The first-order valence-corrected chi connectivity index (χ1v) is 6.66. The molecule has 0 fully saturated rings. The van der Waals surface area contributed by atoms with Crippen molar-refractivity contribution in [1.82, 2.24) is 4.98 Å². The number of nitrogens with one attached hydrogen (secondary N) is 2. The van der Waals surface area contributed by atoms with Gasteiger partial charge in [0.1, 0.15) is 0 Å². The van der Waals surface area contributed by atoms with Crippen molar-refractivity contribution in [1.29, 1.82) is 0 Å². The maximum Gasteiger partial charge on any atom is 0.325 e. The summed E-state index contributed by atoms with van der Waals surface area (Å²) in [6.45, 7) is 1.90. The summed E-state index contributed by atoms with van der Waals surface area (Å²) in [6, 6.07) is 6.30. The van der Waals surface area contributed by atoms with Gasteiger partial charge in [0.15, 0.2) is 5.13 Å². The van der Waals surface area contributed by atoms with Crippen molar-refractivity contribution in [2.75, 3.05) is 10.6 Å². The Hall–Kier alpha value is -2.41. The predicted octanol–water partition coefficient (Wildman–Crippen LogP) is 2.72. The number of carbonyl (C=O) groups is 2. The number of aromatic nitrogens is 1. The maximum absolute atomic E-state index is 11.8. The summed E-state index contributed by atoms with van der Waals surface area (Å²) in [7, 11) is 0. The molecule has 7 heteroatoms. The molecule has 104 valence electrons. The lowest BCUT2D eigenvalue weighted by Gasteiger charge is -2.06. The van der Waals surface area contributed by atoms with E-state index in [1.54, 1.807) is 30.5 Å². The molecule has 6 nitrogen and oxygen atoms in total. The van der Waals surface area contributed by atoms with Gasteiger partial charge in [0.05, 0.1) is 6.42 Å². The molecule has 1 heterocycles. The molecule has 0 aliphatic heterocycles. The van der Waals surface area contributed by atoms with Gasteiger partial charge in [-0.15, -0.1) is 11.3 Å². The molecule has 0 unspecified atom stereocenters. The van der Waals surface area contributed by atoms with Crippen LogP contribution in [0.25, 0.3) is 0 Å². The number of carboxylic acid groups (broad SMARTS) is 1. The number of aliphatic carboxylic acids is 1. The zero-order valence-electron chi connectivity index (χ0n) is 10.7. The molecule has 0 saturated heterocycles. The SMILES string of the molecule is Cc1cnc(NC(=O)Nc2cccc(CC(=O)O)c2)s1. The fourth-order valence-electron chi connectivity index (χ4n) is 1.61. The van der Waals surface area contributed by atoms with E-state index in [-0.39, 0.29) is 6.42 Å². The molecule has 20 heavy (non-hydrogen) atoms. The van der Waals surface area contributed by atoms with Crippen LogP contribution in [-0.4, -0.2) is 22.1 Å². The highest BCUT2D eigenvalue weighted by Crippen LogP contribution is 2.17. The van der Waals surface area contributed by atoms with Gasteiger partial charge in [0.2, 0.25) is 0 Å². The number of benzene rings is 1. The Kier molecular flexibility index (Phi) is 4.31. The van der Waals surface area contributed by atoms with Crippen LogP contribution in [0.15, 0.2) is 30.5 Å². The van der Waals surface area contributed by atoms with Gasteiger partial charge >= 0.3 is 12.0 Å². The van der Waals surface area contributed by atoms with Gasteiger partial charge in [-0.3, -0.25) is 10.1 Å². The highest BCUT2D eigenvalue weighted by molar-refractivity contribution is 7.15. The molecule has 0 saturated carbocycles. The van der Waals surface area contributed by atoms with E-state index in [1.807, 2.05) is 6.92 Å². The zero-order chi connectivity index (χ0) is 14.5. The summed E-state index contributed by atoms with van der Waals surface area (Å²) < 4.78 is 0. The minimum Gasteiger partial charge on any atom is -0.481 e. The monoisotopic (exact) mass is 291 g/mol. The fraction of sp³-hybridized carbons (Fsp3) is 0.154. The van der Waals surface area contributed by atoms with Crippen LogP contribution in [0.4, 0.5) is 15.6 Å². The number of hydrogen-bond acceptors (Lipinski definition) is 4. The second kappa shape index (κ2) is 6.16. The molecule has 2 amide bonds. The molecule has 1 aromatic heterocycles. The molecule has 0 radical (unpaired) electrons. The normalized spacial score (nSPS) is 10.1. The first-order chi connectivity index (χ1) is 9.52. The highest BCUT2D eigenvalue weighted by Gasteiger charge is 2.07. The lowest BCUT2D eigenvalue weighted by Crippen LogP contribution is -2.19. The number of nitrogens with zero attached hydrogens (tertiary/aromatic N) is 1. The van der Waals surface area contributed by atoms with Crippen LogP contribution in [0, 0.1) is 6.92 Å². The van der Waals surface area contributed by atoms with Crippen LogP contribution in [-0.2, 0) is 11.2 Å². The lowest BCUT2D eigenvalue weighted by atomic mass is 10.1. The zero-order valence-corrected chi connectivity index (χ0v) is 11.5. The van der Waals surface area contributed by atoms with Crippen molar-refractivity contribution in [2.45, 2.75) is 13.3 Å². The first kappa shape index (κ1) is 14.0. The van der Waals surface area contributed by atoms with Crippen LogP contribution in [0.1, 0.15) is 10.4 Å². The van der Waals surface area contributed by atoms with Crippen LogP contribution >= 0.6 is 11.3 Å². The summed E-state index contributed by atoms with van der Waals surface area (Å²) in [6.07, 6.45) is 1.59. The number of urea groups is 1. The second-order valence-electron chi connectivity index (χ2n) is 4.13. The number of rotatable bonds is 4. The number of amides is 2. The van der Waals surface area contributed by atoms with Crippen molar-refractivity contribution in [3.8, 4) is 0 Å². The first-order valence-electron chi connectivity index (χ1n) is 5.84. The molecular weight excluding hydrogens is 278 g/mol. The summed E-state index contributed by atoms with van der Waals surface area (Å²) >= 11 is 1.38. The van der Waals surface area contributed by atoms with E-state index in [4.69, 9.17) is 5.11 Å². The van der Waals surface area contributed by atoms with Crippen molar-refractivity contribution in [2.24, 2.45) is 0 Å². The standard InChI is InChI=1S/C13H13N3O3S/c1-8-7-14-13(20-8)16-12(19)15-10-4-2-3-9(5-10)6-11(17)18/h2-5,7H,6H2,1H3,(H,17,18)(H2,14,15,16,19). The van der Waals surface area contributed by atoms with E-state index in [0.717, 1.165) is 4.88 Å². The Labute approximate surface area is 119 Å². The third-order valence-corrected chi connectivity index (χ3v) is 3.21. The van der Waals surface area contributed by atoms with E-state index in [9.17, 15) is 9.59 Å². The number of anilines is 2. The van der Waals surface area contributed by atoms with Crippen LogP contribution < -0.4 is 10.6 Å². The van der Waals surface area contributed by atoms with Crippen molar-refractivity contribution in [3.63, 3.8) is 0 Å². The minimum atomic E-state index is -0.912. The third-order valence-electron chi connectivity index (χ3n) is 2.38. The Morgan fingerprint density at radius 2 is 2.15 bits per heavy atom. The van der Waals surface area contributed by atoms with Gasteiger partial charge in [-0.05, 0) is 24.6 Å². The van der Waals surface area contributed by atoms with Crippen molar-refractivity contribution < 1.29 is 14.7 Å². The maximum atomic E-state index is 11.8. The third kappa shape index (κ3) is 4.06. The Morgan fingerprint density at radius 3 is 2.80 bits per heavy atom. The number of aryl methyl sites for hydroxylation is 1. The van der Waals surface area contributed by atoms with E-state index in [2.05, 4.69) is 15.6 Å². The second-order valence-corrected chi connectivity index (χ2v) is 5.36. The summed E-state index contributed by atoms with van der Waals surface area (Å²) in [4.78, 5) is 27.4. The van der Waals surface area contributed by atoms with Gasteiger partial charge in [0.25, 0.3) is 0 Å². The number of hydrogen-bond donors (Lipinski definition) is 3. The van der Waals surface area contributed by atoms with Crippen molar-refractivity contribution >= 4 is 34.2 Å².